The van der Waals surface area contributed by atoms with E-state index >= 15 is 0 Å². The summed E-state index contributed by atoms with van der Waals surface area (Å²) in [5.41, 5.74) is 3.40. The number of rotatable bonds is 6. The molecule has 0 aliphatic heterocycles. The van der Waals surface area contributed by atoms with E-state index in [1.807, 2.05) is 32.0 Å². The van der Waals surface area contributed by atoms with Gasteiger partial charge in [0.1, 0.15) is 5.82 Å². The maximum atomic E-state index is 12.9. The molecule has 5 nitrogen and oxygen atoms in total. The molecule has 0 aliphatic rings. The summed E-state index contributed by atoms with van der Waals surface area (Å²) in [7, 11) is 1.71. The van der Waals surface area contributed by atoms with Gasteiger partial charge < -0.3 is 10.6 Å². The Morgan fingerprint density at radius 1 is 1.08 bits per heavy atom. The number of nitrogens with one attached hydrogen (secondary N) is 2. The molecule has 0 radical (unpaired) electrons. The van der Waals surface area contributed by atoms with Gasteiger partial charge in [-0.05, 0) is 69.3 Å². The maximum Gasteiger partial charge on any atom is 0.241 e. The smallest absolute Gasteiger partial charge is 0.241 e. The van der Waals surface area contributed by atoms with Crippen LogP contribution in [0.1, 0.15) is 18.1 Å². The van der Waals surface area contributed by atoms with E-state index in [1.54, 1.807) is 18.9 Å². The molecule has 2 N–H and O–H groups in total. The molecule has 0 unspecified atom stereocenters. The monoisotopic (exact) mass is 357 g/mol. The molecule has 26 heavy (non-hydrogen) atoms. The predicted molar refractivity (Wildman–Crippen MR) is 102 cm³/mol. The second kappa shape index (κ2) is 8.58. The highest BCUT2D eigenvalue weighted by molar-refractivity contribution is 5.96. The minimum absolute atomic E-state index is 0.0748. The van der Waals surface area contributed by atoms with Gasteiger partial charge in [0.15, 0.2) is 0 Å². The zero-order valence-corrected chi connectivity index (χ0v) is 15.5. The van der Waals surface area contributed by atoms with Crippen LogP contribution >= 0.6 is 0 Å². The second-order valence-corrected chi connectivity index (χ2v) is 6.38. The van der Waals surface area contributed by atoms with E-state index in [0.717, 1.165) is 16.8 Å². The number of carbonyl (C=O) groups excluding carboxylic acids is 2. The largest absolute Gasteiger partial charge is 0.325 e. The molecule has 0 spiro atoms. The molecule has 2 rings (SSSR count). The Balaban J connectivity index is 1.91. The van der Waals surface area contributed by atoms with E-state index in [-0.39, 0.29) is 24.2 Å². The van der Waals surface area contributed by atoms with Gasteiger partial charge in [0.2, 0.25) is 11.8 Å². The Labute approximate surface area is 153 Å². The van der Waals surface area contributed by atoms with Crippen molar-refractivity contribution in [3.05, 3.63) is 59.4 Å². The lowest BCUT2D eigenvalue weighted by Gasteiger charge is -2.23. The van der Waals surface area contributed by atoms with Gasteiger partial charge in [0.05, 0.1) is 12.6 Å². The summed E-state index contributed by atoms with van der Waals surface area (Å²) in [6.07, 6.45) is 0. The van der Waals surface area contributed by atoms with Gasteiger partial charge in [-0.15, -0.1) is 0 Å². The van der Waals surface area contributed by atoms with Crippen LogP contribution in [0, 0.1) is 19.7 Å². The van der Waals surface area contributed by atoms with E-state index in [9.17, 15) is 14.0 Å². The summed E-state index contributed by atoms with van der Waals surface area (Å²) in [6.45, 7) is 5.72. The molecule has 0 heterocycles. The van der Waals surface area contributed by atoms with Crippen molar-refractivity contribution in [3.63, 3.8) is 0 Å². The van der Waals surface area contributed by atoms with E-state index in [0.29, 0.717) is 5.69 Å². The fourth-order valence-corrected chi connectivity index (χ4v) is 2.42. The first-order valence-corrected chi connectivity index (χ1v) is 8.40. The highest BCUT2D eigenvalue weighted by Crippen LogP contribution is 2.18. The molecular weight excluding hydrogens is 333 g/mol. The molecule has 1 atom stereocenters. The number of anilines is 2. The highest BCUT2D eigenvalue weighted by atomic mass is 19.1. The minimum Gasteiger partial charge on any atom is -0.325 e. The van der Waals surface area contributed by atoms with Crippen LogP contribution in [0.5, 0.6) is 0 Å². The number of benzene rings is 2. The number of halogens is 1. The molecule has 0 bridgehead atoms. The van der Waals surface area contributed by atoms with Crippen molar-refractivity contribution in [2.24, 2.45) is 0 Å². The maximum absolute atomic E-state index is 12.9. The first kappa shape index (κ1) is 19.6. The third-order valence-electron chi connectivity index (χ3n) is 4.42. The molecular formula is C20H24FN3O2. The molecule has 0 saturated carbocycles. The van der Waals surface area contributed by atoms with Crippen molar-refractivity contribution in [2.75, 3.05) is 24.2 Å². The molecule has 2 aromatic rings. The fourth-order valence-electron chi connectivity index (χ4n) is 2.42. The third kappa shape index (κ3) is 5.13. The molecule has 6 heteroatoms. The fraction of sp³-hybridized carbons (Fsp3) is 0.300. The van der Waals surface area contributed by atoms with Crippen molar-refractivity contribution >= 4 is 23.2 Å². The van der Waals surface area contributed by atoms with E-state index in [2.05, 4.69) is 10.6 Å². The Morgan fingerprint density at radius 3 is 2.38 bits per heavy atom. The van der Waals surface area contributed by atoms with Crippen molar-refractivity contribution in [2.45, 2.75) is 26.8 Å². The zero-order chi connectivity index (χ0) is 19.3. The predicted octanol–water partition coefficient (Wildman–Crippen LogP) is 3.34. The van der Waals surface area contributed by atoms with Gasteiger partial charge >= 0.3 is 0 Å². The molecule has 138 valence electrons. The Hall–Kier alpha value is -2.73. The van der Waals surface area contributed by atoms with Gasteiger partial charge in [-0.2, -0.15) is 0 Å². The van der Waals surface area contributed by atoms with Gasteiger partial charge in [-0.3, -0.25) is 14.5 Å². The normalized spacial score (nSPS) is 11.9. The van der Waals surface area contributed by atoms with Crippen molar-refractivity contribution in [3.8, 4) is 0 Å². The molecule has 0 aromatic heterocycles. The lowest BCUT2D eigenvalue weighted by atomic mass is 10.1. The Morgan fingerprint density at radius 2 is 1.73 bits per heavy atom. The SMILES string of the molecule is Cc1cccc(NC(=O)CN(C)[C@H](C)C(=O)Nc2ccc(F)cc2)c1C. The van der Waals surface area contributed by atoms with Crippen LogP contribution in [0.3, 0.4) is 0 Å². The summed E-state index contributed by atoms with van der Waals surface area (Å²) in [4.78, 5) is 26.2. The number of hydrogen-bond donors (Lipinski definition) is 2. The summed E-state index contributed by atoms with van der Waals surface area (Å²) < 4.78 is 12.9. The van der Waals surface area contributed by atoms with Gasteiger partial charge in [-0.1, -0.05) is 12.1 Å². The van der Waals surface area contributed by atoms with Crippen LogP contribution in [0.2, 0.25) is 0 Å². The van der Waals surface area contributed by atoms with Crippen LogP contribution in [-0.4, -0.2) is 36.3 Å². The molecule has 2 amide bonds. The molecule has 2 aromatic carbocycles. The first-order valence-electron chi connectivity index (χ1n) is 8.40. The number of carbonyl (C=O) groups is 2. The standard InChI is InChI=1S/C20H24FN3O2/c1-13-6-5-7-18(14(13)2)23-19(25)12-24(4)15(3)20(26)22-17-10-8-16(21)9-11-17/h5-11,15H,12H2,1-4H3,(H,22,26)(H,23,25)/t15-/m1/s1. The third-order valence-corrected chi connectivity index (χ3v) is 4.42. The Kier molecular flexibility index (Phi) is 6.46. The van der Waals surface area contributed by atoms with Crippen LogP contribution in [0.4, 0.5) is 15.8 Å². The average Bonchev–Trinajstić information content (AvgIpc) is 2.60. The quantitative estimate of drug-likeness (QED) is 0.834. The minimum atomic E-state index is -0.524. The van der Waals surface area contributed by atoms with Crippen molar-refractivity contribution in [1.82, 2.24) is 4.90 Å². The number of nitrogens with zero attached hydrogens (tertiary/aromatic N) is 1. The Bertz CT molecular complexity index is 790. The average molecular weight is 357 g/mol. The number of hydrogen-bond acceptors (Lipinski definition) is 3. The van der Waals surface area contributed by atoms with Crippen LogP contribution in [0.25, 0.3) is 0 Å². The van der Waals surface area contributed by atoms with Crippen LogP contribution in [-0.2, 0) is 9.59 Å². The number of amides is 2. The summed E-state index contributed by atoms with van der Waals surface area (Å²) >= 11 is 0. The summed E-state index contributed by atoms with van der Waals surface area (Å²) in [5.74, 6) is -0.822. The first-order chi connectivity index (χ1) is 12.3. The molecule has 0 fully saturated rings. The lowest BCUT2D eigenvalue weighted by molar-refractivity contribution is -0.122. The highest BCUT2D eigenvalue weighted by Gasteiger charge is 2.20. The second-order valence-electron chi connectivity index (χ2n) is 6.38. The van der Waals surface area contributed by atoms with Crippen LogP contribution in [0.15, 0.2) is 42.5 Å². The lowest BCUT2D eigenvalue weighted by Crippen LogP contribution is -2.43. The zero-order valence-electron chi connectivity index (χ0n) is 15.5. The van der Waals surface area contributed by atoms with Crippen molar-refractivity contribution in [1.29, 1.82) is 0 Å². The summed E-state index contributed by atoms with van der Waals surface area (Å²) in [6, 6.07) is 10.7. The summed E-state index contributed by atoms with van der Waals surface area (Å²) in [5, 5.41) is 5.59. The van der Waals surface area contributed by atoms with Gasteiger partial charge in [-0.25, -0.2) is 4.39 Å². The molecule has 0 aliphatic carbocycles. The van der Waals surface area contributed by atoms with Gasteiger partial charge in [0, 0.05) is 11.4 Å². The number of likely N-dealkylation sites (N-methyl/N-ethyl adjacent to an activating group) is 1. The van der Waals surface area contributed by atoms with E-state index in [4.69, 9.17) is 0 Å². The van der Waals surface area contributed by atoms with E-state index < -0.39 is 6.04 Å². The van der Waals surface area contributed by atoms with Gasteiger partial charge in [0.25, 0.3) is 0 Å². The topological polar surface area (TPSA) is 61.4 Å². The van der Waals surface area contributed by atoms with Crippen molar-refractivity contribution < 1.29 is 14.0 Å². The van der Waals surface area contributed by atoms with Crippen LogP contribution < -0.4 is 10.6 Å². The van der Waals surface area contributed by atoms with E-state index in [1.165, 1.54) is 24.3 Å². The molecule has 0 saturated heterocycles. The number of aryl methyl sites for hydroxylation is 1.